The molecular weight excluding hydrogens is 285 g/mol. The Labute approximate surface area is 131 Å². The molecule has 1 aromatic rings. The van der Waals surface area contributed by atoms with E-state index in [0.717, 1.165) is 12.3 Å². The lowest BCUT2D eigenvalue weighted by molar-refractivity contribution is 0.418. The minimum absolute atomic E-state index is 0.0283. The summed E-state index contributed by atoms with van der Waals surface area (Å²) >= 11 is 1.94. The highest BCUT2D eigenvalue weighted by molar-refractivity contribution is 8.00. The molecule has 0 saturated carbocycles. The fourth-order valence-electron chi connectivity index (χ4n) is 2.40. The molecule has 1 N–H and O–H groups in total. The van der Waals surface area contributed by atoms with Crippen LogP contribution in [0.25, 0.3) is 0 Å². The number of anilines is 1. The first-order valence-electron chi connectivity index (χ1n) is 7.56. The molecule has 0 aliphatic carbocycles. The molecule has 1 aliphatic rings. The maximum Gasteiger partial charge on any atom is 0.170 e. The molecule has 1 aromatic heterocycles. The van der Waals surface area contributed by atoms with Gasteiger partial charge in [0.15, 0.2) is 11.6 Å². The Morgan fingerprint density at radius 2 is 2.14 bits per heavy atom. The van der Waals surface area contributed by atoms with Gasteiger partial charge in [-0.05, 0) is 33.8 Å². The van der Waals surface area contributed by atoms with E-state index in [-0.39, 0.29) is 11.4 Å². The molecule has 1 aliphatic heterocycles. The van der Waals surface area contributed by atoms with Gasteiger partial charge in [0, 0.05) is 47.4 Å². The maximum atomic E-state index is 14.8. The van der Waals surface area contributed by atoms with Gasteiger partial charge in [-0.15, -0.1) is 0 Å². The van der Waals surface area contributed by atoms with Crippen LogP contribution in [0.4, 0.5) is 10.2 Å². The monoisotopic (exact) mass is 311 g/mol. The summed E-state index contributed by atoms with van der Waals surface area (Å²) in [4.78, 5) is 6.41. The first-order chi connectivity index (χ1) is 9.79. The second-order valence-corrected chi connectivity index (χ2v) is 8.21. The largest absolute Gasteiger partial charge is 0.350 e. The quantitative estimate of drug-likeness (QED) is 0.925. The van der Waals surface area contributed by atoms with Gasteiger partial charge in [0.05, 0.1) is 0 Å². The molecule has 0 bridgehead atoms. The number of nitrogens with one attached hydrogen (secondary N) is 1. The highest BCUT2D eigenvalue weighted by Gasteiger charge is 2.28. The van der Waals surface area contributed by atoms with Crippen LogP contribution in [0.5, 0.6) is 0 Å². The molecule has 1 saturated heterocycles. The highest BCUT2D eigenvalue weighted by Crippen LogP contribution is 2.30. The molecular formula is C16H26FN3S. The Balaban J connectivity index is 2.21. The van der Waals surface area contributed by atoms with Crippen molar-refractivity contribution >= 4 is 17.6 Å². The van der Waals surface area contributed by atoms with Crippen molar-refractivity contribution in [2.75, 3.05) is 17.2 Å². The van der Waals surface area contributed by atoms with Crippen molar-refractivity contribution in [1.82, 2.24) is 10.3 Å². The van der Waals surface area contributed by atoms with Crippen LogP contribution in [0.3, 0.4) is 0 Å². The van der Waals surface area contributed by atoms with Crippen molar-refractivity contribution in [3.05, 3.63) is 23.6 Å². The Kier molecular flexibility index (Phi) is 5.15. The van der Waals surface area contributed by atoms with Gasteiger partial charge >= 0.3 is 0 Å². The molecule has 2 unspecified atom stereocenters. The third-order valence-electron chi connectivity index (χ3n) is 3.92. The van der Waals surface area contributed by atoms with E-state index in [1.165, 1.54) is 0 Å². The van der Waals surface area contributed by atoms with Crippen LogP contribution < -0.4 is 10.2 Å². The van der Waals surface area contributed by atoms with Crippen molar-refractivity contribution in [3.63, 3.8) is 0 Å². The van der Waals surface area contributed by atoms with Crippen LogP contribution in [-0.4, -0.2) is 34.1 Å². The van der Waals surface area contributed by atoms with Crippen LogP contribution >= 0.6 is 11.8 Å². The molecule has 21 heavy (non-hydrogen) atoms. The van der Waals surface area contributed by atoms with E-state index < -0.39 is 0 Å². The number of rotatable bonds is 3. The molecule has 2 heterocycles. The predicted molar refractivity (Wildman–Crippen MR) is 89.5 cm³/mol. The van der Waals surface area contributed by atoms with Crippen molar-refractivity contribution in [3.8, 4) is 0 Å². The summed E-state index contributed by atoms with van der Waals surface area (Å²) < 4.78 is 14.8. The fraction of sp³-hybridized carbons (Fsp3) is 0.688. The molecule has 2 rings (SSSR count). The van der Waals surface area contributed by atoms with Gasteiger partial charge in [0.1, 0.15) is 0 Å². The Bertz CT molecular complexity index is 487. The lowest BCUT2D eigenvalue weighted by Crippen LogP contribution is -2.45. The van der Waals surface area contributed by atoms with Crippen molar-refractivity contribution in [2.24, 2.45) is 0 Å². The van der Waals surface area contributed by atoms with E-state index in [9.17, 15) is 4.39 Å². The van der Waals surface area contributed by atoms with Gasteiger partial charge in [-0.1, -0.05) is 6.92 Å². The summed E-state index contributed by atoms with van der Waals surface area (Å²) in [7, 11) is 0. The van der Waals surface area contributed by atoms with E-state index in [2.05, 4.69) is 49.8 Å². The van der Waals surface area contributed by atoms with Crippen LogP contribution in [0.15, 0.2) is 12.3 Å². The summed E-state index contributed by atoms with van der Waals surface area (Å²) in [6, 6.07) is 2.07. The van der Waals surface area contributed by atoms with Crippen LogP contribution in [0.1, 0.15) is 40.2 Å². The highest BCUT2D eigenvalue weighted by atomic mass is 32.2. The first-order valence-corrected chi connectivity index (χ1v) is 8.61. The van der Waals surface area contributed by atoms with Gasteiger partial charge < -0.3 is 10.2 Å². The predicted octanol–water partition coefficient (Wildman–Crippen LogP) is 3.44. The molecule has 0 aromatic carbocycles. The fourth-order valence-corrected chi connectivity index (χ4v) is 3.50. The van der Waals surface area contributed by atoms with Crippen LogP contribution in [0, 0.1) is 5.82 Å². The maximum absolute atomic E-state index is 14.8. The average molecular weight is 311 g/mol. The van der Waals surface area contributed by atoms with E-state index >= 15 is 0 Å². The van der Waals surface area contributed by atoms with Gasteiger partial charge in [-0.2, -0.15) is 11.8 Å². The second kappa shape index (κ2) is 6.53. The van der Waals surface area contributed by atoms with E-state index in [1.54, 1.807) is 12.3 Å². The lowest BCUT2D eigenvalue weighted by Gasteiger charge is -2.38. The third-order valence-corrected chi connectivity index (χ3v) is 5.25. The Morgan fingerprint density at radius 3 is 2.81 bits per heavy atom. The summed E-state index contributed by atoms with van der Waals surface area (Å²) in [5.41, 5.74) is 0.660. The smallest absolute Gasteiger partial charge is 0.170 e. The second-order valence-electron chi connectivity index (χ2n) is 6.72. The number of hydrogen-bond acceptors (Lipinski definition) is 4. The third kappa shape index (κ3) is 4.10. The SMILES string of the molecule is CC1SCCN(c2nccc(CNC(C)(C)C)c2F)C1C. The Hall–Kier alpha value is -0.810. The van der Waals surface area contributed by atoms with E-state index in [0.29, 0.717) is 29.2 Å². The first kappa shape index (κ1) is 16.6. The summed E-state index contributed by atoms with van der Waals surface area (Å²) in [6.07, 6.45) is 1.72. The zero-order valence-corrected chi connectivity index (χ0v) is 14.4. The molecule has 1 fully saturated rings. The number of pyridine rings is 1. The lowest BCUT2D eigenvalue weighted by atomic mass is 10.1. The van der Waals surface area contributed by atoms with Gasteiger partial charge in [0.25, 0.3) is 0 Å². The van der Waals surface area contributed by atoms with Gasteiger partial charge in [-0.25, -0.2) is 9.37 Å². The van der Waals surface area contributed by atoms with Crippen molar-refractivity contribution in [2.45, 2.75) is 58.0 Å². The minimum atomic E-state index is -0.180. The summed E-state index contributed by atoms with van der Waals surface area (Å²) in [5.74, 6) is 1.35. The summed E-state index contributed by atoms with van der Waals surface area (Å²) in [6.45, 7) is 12.0. The zero-order chi connectivity index (χ0) is 15.6. The number of halogens is 1. The number of hydrogen-bond donors (Lipinski definition) is 1. The minimum Gasteiger partial charge on any atom is -0.350 e. The molecule has 0 radical (unpaired) electrons. The molecule has 2 atom stereocenters. The molecule has 118 valence electrons. The summed E-state index contributed by atoms with van der Waals surface area (Å²) in [5, 5.41) is 3.84. The molecule has 0 spiro atoms. The van der Waals surface area contributed by atoms with Gasteiger partial charge in [-0.3, -0.25) is 0 Å². The van der Waals surface area contributed by atoms with Crippen molar-refractivity contribution < 1.29 is 4.39 Å². The van der Waals surface area contributed by atoms with E-state index in [4.69, 9.17) is 0 Å². The van der Waals surface area contributed by atoms with Gasteiger partial charge in [0.2, 0.25) is 0 Å². The van der Waals surface area contributed by atoms with Crippen LogP contribution in [0.2, 0.25) is 0 Å². The average Bonchev–Trinajstić information content (AvgIpc) is 2.40. The zero-order valence-electron chi connectivity index (χ0n) is 13.6. The molecule has 0 amide bonds. The van der Waals surface area contributed by atoms with Crippen molar-refractivity contribution in [1.29, 1.82) is 0 Å². The number of nitrogens with zero attached hydrogens (tertiary/aromatic N) is 2. The van der Waals surface area contributed by atoms with E-state index in [1.807, 2.05) is 11.8 Å². The van der Waals surface area contributed by atoms with Crippen LogP contribution in [-0.2, 0) is 6.54 Å². The standard InChI is InChI=1S/C16H26FN3S/c1-11-12(2)21-9-8-20(11)15-14(17)13(6-7-18-15)10-19-16(3,4)5/h6-7,11-12,19H,8-10H2,1-5H3. The topological polar surface area (TPSA) is 28.2 Å². The number of aromatic nitrogens is 1. The molecule has 3 nitrogen and oxygen atoms in total. The molecule has 5 heteroatoms. The normalized spacial score (nSPS) is 23.4. The number of thioether (sulfide) groups is 1. The Morgan fingerprint density at radius 1 is 1.43 bits per heavy atom.